The van der Waals surface area contributed by atoms with E-state index in [0.717, 1.165) is 35.5 Å². The van der Waals surface area contributed by atoms with Crippen LogP contribution in [-0.4, -0.2) is 39.0 Å². The smallest absolute Gasteiger partial charge is 0.341 e. The number of hydrogen-bond acceptors (Lipinski definition) is 8. The van der Waals surface area contributed by atoms with Crippen molar-refractivity contribution < 1.29 is 19.1 Å². The predicted molar refractivity (Wildman–Crippen MR) is 142 cm³/mol. The van der Waals surface area contributed by atoms with Gasteiger partial charge in [0.25, 0.3) is 0 Å². The molecule has 36 heavy (non-hydrogen) atoms. The summed E-state index contributed by atoms with van der Waals surface area (Å²) in [4.78, 5) is 26.4. The molecule has 1 aliphatic rings. The number of ether oxygens (including phenoxy) is 2. The summed E-state index contributed by atoms with van der Waals surface area (Å²) in [5, 5.41) is 12.5. The molecule has 0 saturated heterocycles. The van der Waals surface area contributed by atoms with Gasteiger partial charge in [-0.3, -0.25) is 4.79 Å². The van der Waals surface area contributed by atoms with E-state index in [4.69, 9.17) is 9.47 Å². The average molecular weight is 529 g/mol. The Morgan fingerprint density at radius 3 is 2.61 bits per heavy atom. The third-order valence-corrected chi connectivity index (χ3v) is 8.23. The lowest BCUT2D eigenvalue weighted by atomic mass is 9.87. The van der Waals surface area contributed by atoms with Crippen LogP contribution in [0.1, 0.15) is 66.3 Å². The van der Waals surface area contributed by atoms with Gasteiger partial charge in [-0.15, -0.1) is 21.5 Å². The molecule has 1 amide bonds. The minimum Gasteiger partial charge on any atom is -0.486 e. The van der Waals surface area contributed by atoms with E-state index in [1.54, 1.807) is 6.92 Å². The van der Waals surface area contributed by atoms with Crippen LogP contribution in [0.2, 0.25) is 0 Å². The fraction of sp³-hybridized carbons (Fsp3) is 0.462. The van der Waals surface area contributed by atoms with Gasteiger partial charge in [0.15, 0.2) is 11.0 Å². The summed E-state index contributed by atoms with van der Waals surface area (Å²) < 4.78 is 12.9. The Kier molecular flexibility index (Phi) is 8.04. The third kappa shape index (κ3) is 5.92. The standard InChI is InChI=1S/C26H32N4O4S2/c1-6-33-24(32)22-18-8-7-9-19(18)36-23(22)27-21(31)15-35-25-29-28-20(30(25)5)14-34-17-12-10-16(11-13-17)26(2,3)4/h10-13H,6-9,14-15H2,1-5H3,(H,27,31). The second kappa shape index (κ2) is 11.0. The van der Waals surface area contributed by atoms with Crippen LogP contribution in [0.3, 0.4) is 0 Å². The molecule has 0 atom stereocenters. The van der Waals surface area contributed by atoms with Gasteiger partial charge < -0.3 is 19.4 Å². The van der Waals surface area contributed by atoms with Gasteiger partial charge in [-0.25, -0.2) is 4.79 Å². The first-order valence-corrected chi connectivity index (χ1v) is 13.8. The summed E-state index contributed by atoms with van der Waals surface area (Å²) >= 11 is 2.76. The molecule has 1 aliphatic carbocycles. The van der Waals surface area contributed by atoms with Crippen molar-refractivity contribution in [3.8, 4) is 5.75 Å². The number of aryl methyl sites for hydroxylation is 1. The lowest BCUT2D eigenvalue weighted by molar-refractivity contribution is -0.113. The van der Waals surface area contributed by atoms with Crippen LogP contribution in [0.5, 0.6) is 5.75 Å². The molecule has 2 aromatic heterocycles. The number of benzene rings is 1. The van der Waals surface area contributed by atoms with Gasteiger partial charge in [-0.1, -0.05) is 44.7 Å². The molecule has 2 heterocycles. The Bertz CT molecular complexity index is 1240. The zero-order valence-electron chi connectivity index (χ0n) is 21.3. The summed E-state index contributed by atoms with van der Waals surface area (Å²) in [7, 11) is 1.85. The van der Waals surface area contributed by atoms with E-state index in [2.05, 4.69) is 48.4 Å². The summed E-state index contributed by atoms with van der Waals surface area (Å²) in [5.41, 5.74) is 2.87. The third-order valence-electron chi connectivity index (χ3n) is 6.00. The summed E-state index contributed by atoms with van der Waals surface area (Å²) in [6.07, 6.45) is 2.80. The first-order chi connectivity index (χ1) is 17.2. The van der Waals surface area contributed by atoms with Gasteiger partial charge in [-0.2, -0.15) is 0 Å². The van der Waals surface area contributed by atoms with Crippen molar-refractivity contribution >= 4 is 40.0 Å². The van der Waals surface area contributed by atoms with Gasteiger partial charge in [0.05, 0.1) is 17.9 Å². The number of thiophene rings is 1. The van der Waals surface area contributed by atoms with E-state index >= 15 is 0 Å². The van der Waals surface area contributed by atoms with Crippen LogP contribution in [0.4, 0.5) is 5.00 Å². The van der Waals surface area contributed by atoms with Gasteiger partial charge in [0.2, 0.25) is 5.91 Å². The molecular formula is C26H32N4O4S2. The number of rotatable bonds is 9. The molecule has 8 nitrogen and oxygen atoms in total. The molecule has 0 fully saturated rings. The second-order valence-corrected chi connectivity index (χ2v) is 11.7. The van der Waals surface area contributed by atoms with Crippen molar-refractivity contribution in [2.24, 2.45) is 7.05 Å². The van der Waals surface area contributed by atoms with E-state index in [-0.39, 0.29) is 29.7 Å². The number of hydrogen-bond donors (Lipinski definition) is 1. The van der Waals surface area contributed by atoms with E-state index < -0.39 is 0 Å². The average Bonchev–Trinajstić information content (AvgIpc) is 3.51. The number of anilines is 1. The number of amides is 1. The predicted octanol–water partition coefficient (Wildman–Crippen LogP) is 5.15. The molecule has 0 saturated carbocycles. The Labute approximate surface area is 219 Å². The molecule has 0 unspecified atom stereocenters. The Balaban J connectivity index is 1.33. The number of carbonyl (C=O) groups excluding carboxylic acids is 2. The van der Waals surface area contributed by atoms with Crippen molar-refractivity contribution in [3.05, 3.63) is 51.7 Å². The molecular weight excluding hydrogens is 496 g/mol. The highest BCUT2D eigenvalue weighted by atomic mass is 32.2. The van der Waals surface area contributed by atoms with Gasteiger partial charge in [0, 0.05) is 11.9 Å². The van der Waals surface area contributed by atoms with Crippen molar-refractivity contribution in [2.45, 2.75) is 64.1 Å². The highest BCUT2D eigenvalue weighted by molar-refractivity contribution is 7.99. The van der Waals surface area contributed by atoms with E-state index in [1.165, 1.54) is 28.7 Å². The summed E-state index contributed by atoms with van der Waals surface area (Å²) in [6, 6.07) is 8.06. The zero-order chi connectivity index (χ0) is 25.9. The van der Waals surface area contributed by atoms with Gasteiger partial charge in [0.1, 0.15) is 17.4 Å². The number of fused-ring (bicyclic) bond motifs is 1. The van der Waals surface area contributed by atoms with Gasteiger partial charge in [-0.05, 0) is 54.9 Å². The highest BCUT2D eigenvalue weighted by Gasteiger charge is 2.28. The number of thioether (sulfide) groups is 1. The van der Waals surface area contributed by atoms with Crippen molar-refractivity contribution in [1.82, 2.24) is 14.8 Å². The van der Waals surface area contributed by atoms with Crippen LogP contribution in [0.15, 0.2) is 29.4 Å². The minimum atomic E-state index is -0.370. The normalized spacial score (nSPS) is 12.9. The monoisotopic (exact) mass is 528 g/mol. The summed E-state index contributed by atoms with van der Waals surface area (Å²) in [6.45, 7) is 8.87. The maximum absolute atomic E-state index is 12.7. The van der Waals surface area contributed by atoms with Crippen LogP contribution in [0, 0.1) is 0 Å². The first-order valence-electron chi connectivity index (χ1n) is 12.0. The quantitative estimate of drug-likeness (QED) is 0.303. The Morgan fingerprint density at radius 1 is 1.17 bits per heavy atom. The molecule has 3 aromatic rings. The molecule has 1 aromatic carbocycles. The number of nitrogens with one attached hydrogen (secondary N) is 1. The zero-order valence-corrected chi connectivity index (χ0v) is 23.0. The summed E-state index contributed by atoms with van der Waals surface area (Å²) in [5.74, 6) is 0.999. The molecule has 0 radical (unpaired) electrons. The fourth-order valence-corrected chi connectivity index (χ4v) is 6.02. The molecule has 192 valence electrons. The lowest BCUT2D eigenvalue weighted by Gasteiger charge is -2.19. The number of esters is 1. The number of nitrogens with zero attached hydrogens (tertiary/aromatic N) is 3. The van der Waals surface area contributed by atoms with Crippen LogP contribution in [-0.2, 0) is 41.4 Å². The van der Waals surface area contributed by atoms with Crippen LogP contribution in [0.25, 0.3) is 0 Å². The maximum Gasteiger partial charge on any atom is 0.341 e. The molecule has 10 heteroatoms. The molecule has 0 spiro atoms. The molecule has 4 rings (SSSR count). The molecule has 0 bridgehead atoms. The minimum absolute atomic E-state index is 0.0878. The topological polar surface area (TPSA) is 95.3 Å². The van der Waals surface area contributed by atoms with Crippen molar-refractivity contribution in [1.29, 1.82) is 0 Å². The fourth-order valence-electron chi connectivity index (χ4n) is 4.00. The second-order valence-electron chi connectivity index (χ2n) is 9.64. The highest BCUT2D eigenvalue weighted by Crippen LogP contribution is 2.39. The molecule has 0 aliphatic heterocycles. The first kappa shape index (κ1) is 26.2. The lowest BCUT2D eigenvalue weighted by Crippen LogP contribution is -2.17. The SMILES string of the molecule is CCOC(=O)c1c(NC(=O)CSc2nnc(COc3ccc(C(C)(C)C)cc3)n2C)sc2c1CCC2. The molecule has 1 N–H and O–H groups in total. The van der Waals surface area contributed by atoms with Crippen molar-refractivity contribution in [2.75, 3.05) is 17.7 Å². The largest absolute Gasteiger partial charge is 0.486 e. The van der Waals surface area contributed by atoms with Gasteiger partial charge >= 0.3 is 5.97 Å². The van der Waals surface area contributed by atoms with Crippen LogP contribution >= 0.6 is 23.1 Å². The Morgan fingerprint density at radius 2 is 1.92 bits per heavy atom. The van der Waals surface area contributed by atoms with Crippen molar-refractivity contribution in [3.63, 3.8) is 0 Å². The van der Waals surface area contributed by atoms with E-state index in [9.17, 15) is 9.59 Å². The number of aromatic nitrogens is 3. The van der Waals surface area contributed by atoms with E-state index in [0.29, 0.717) is 28.2 Å². The Hall–Kier alpha value is -2.85. The van der Waals surface area contributed by atoms with E-state index in [1.807, 2.05) is 23.7 Å². The van der Waals surface area contributed by atoms with Crippen LogP contribution < -0.4 is 10.1 Å². The maximum atomic E-state index is 12.7. The number of carbonyl (C=O) groups is 2.